The molecule has 1 aromatic heterocycles. The Balaban J connectivity index is 1.59. The van der Waals surface area contributed by atoms with E-state index in [1.54, 1.807) is 6.20 Å². The fraction of sp³-hybridized carbons (Fsp3) is 0.286. The molecule has 0 saturated heterocycles. The third-order valence-electron chi connectivity index (χ3n) is 4.39. The van der Waals surface area contributed by atoms with Crippen LogP contribution in [-0.2, 0) is 6.18 Å². The fourth-order valence-corrected chi connectivity index (χ4v) is 2.52. The molecule has 0 aliphatic carbocycles. The average Bonchev–Trinajstić information content (AvgIpc) is 3.16. The largest absolute Gasteiger partial charge is 0.492 e. The van der Waals surface area contributed by atoms with Gasteiger partial charge >= 0.3 is 6.18 Å². The lowest BCUT2D eigenvalue weighted by Crippen LogP contribution is -2.23. The van der Waals surface area contributed by atoms with Crippen LogP contribution in [0.1, 0.15) is 12.5 Å². The Hall–Kier alpha value is -3.00. The van der Waals surface area contributed by atoms with Crippen molar-refractivity contribution in [1.29, 1.82) is 0 Å². The van der Waals surface area contributed by atoms with Crippen LogP contribution >= 0.6 is 0 Å². The number of alkyl halides is 3. The third-order valence-corrected chi connectivity index (χ3v) is 4.39. The molecule has 5 nitrogen and oxygen atoms in total. The summed E-state index contributed by atoms with van der Waals surface area (Å²) in [6, 6.07) is 12.3. The second-order valence-corrected chi connectivity index (χ2v) is 6.50. The average molecular weight is 405 g/mol. The van der Waals surface area contributed by atoms with E-state index in [2.05, 4.69) is 22.1 Å². The molecule has 0 atom stereocenters. The summed E-state index contributed by atoms with van der Waals surface area (Å²) in [4.78, 5) is 6.28. The first-order chi connectivity index (χ1) is 13.8. The molecule has 0 aliphatic rings. The van der Waals surface area contributed by atoms with E-state index >= 15 is 0 Å². The third kappa shape index (κ3) is 5.74. The highest BCUT2D eigenvalue weighted by atomic mass is 19.4. The van der Waals surface area contributed by atoms with E-state index in [0.717, 1.165) is 36.5 Å². The summed E-state index contributed by atoms with van der Waals surface area (Å²) in [6.45, 7) is 4.51. The van der Waals surface area contributed by atoms with Crippen molar-refractivity contribution in [3.63, 3.8) is 0 Å². The van der Waals surface area contributed by atoms with Gasteiger partial charge in [-0.2, -0.15) is 13.2 Å². The Morgan fingerprint density at radius 2 is 1.76 bits per heavy atom. The number of hydrogen-bond acceptors (Lipinski definition) is 5. The number of hydrogen-bond donors (Lipinski definition) is 1. The molecule has 0 unspecified atom stereocenters. The second-order valence-electron chi connectivity index (χ2n) is 6.50. The van der Waals surface area contributed by atoms with Crippen LogP contribution in [-0.4, -0.2) is 36.6 Å². The summed E-state index contributed by atoms with van der Waals surface area (Å²) in [6.07, 6.45) is -2.81. The van der Waals surface area contributed by atoms with E-state index in [-0.39, 0.29) is 6.01 Å². The van der Waals surface area contributed by atoms with E-state index in [1.165, 1.54) is 12.1 Å². The number of benzene rings is 2. The van der Waals surface area contributed by atoms with Crippen molar-refractivity contribution in [1.82, 2.24) is 9.88 Å². The number of nitrogens with zero attached hydrogens (tertiary/aromatic N) is 2. The van der Waals surface area contributed by atoms with Crippen LogP contribution in [0.5, 0.6) is 5.75 Å². The Kier molecular flexibility index (Phi) is 6.43. The van der Waals surface area contributed by atoms with Crippen LogP contribution in [0.4, 0.5) is 24.9 Å². The standard InChI is InChI=1S/C21H22F3N3O2/c1-3-27(2)12-13-28-18-10-4-15(5-11-18)19-14-25-20(29-19)26-17-8-6-16(7-9-17)21(22,23)24/h4-11,14H,3,12-13H2,1-2H3,(H,25,26). The van der Waals surface area contributed by atoms with E-state index < -0.39 is 11.7 Å². The van der Waals surface area contributed by atoms with Crippen molar-refractivity contribution in [2.24, 2.45) is 0 Å². The number of oxazole rings is 1. The Morgan fingerprint density at radius 3 is 2.38 bits per heavy atom. The Bertz CT molecular complexity index is 906. The first kappa shape index (κ1) is 20.7. The summed E-state index contributed by atoms with van der Waals surface area (Å²) < 4.78 is 49.2. The molecule has 0 spiro atoms. The smallest absolute Gasteiger partial charge is 0.416 e. The summed E-state index contributed by atoms with van der Waals surface area (Å²) in [5.74, 6) is 1.30. The number of likely N-dealkylation sites (N-methyl/N-ethyl adjacent to an activating group) is 1. The van der Waals surface area contributed by atoms with Crippen LogP contribution in [0.2, 0.25) is 0 Å². The van der Waals surface area contributed by atoms with Gasteiger partial charge in [-0.1, -0.05) is 6.92 Å². The number of rotatable bonds is 8. The quantitative estimate of drug-likeness (QED) is 0.541. The zero-order chi connectivity index (χ0) is 20.9. The maximum Gasteiger partial charge on any atom is 0.416 e. The molecular weight excluding hydrogens is 383 g/mol. The van der Waals surface area contributed by atoms with Crippen molar-refractivity contribution >= 4 is 11.7 Å². The van der Waals surface area contributed by atoms with Crippen LogP contribution in [0.3, 0.4) is 0 Å². The molecule has 0 amide bonds. The fourth-order valence-electron chi connectivity index (χ4n) is 2.52. The first-order valence-corrected chi connectivity index (χ1v) is 9.17. The Labute approximate surface area is 167 Å². The number of halogens is 3. The topological polar surface area (TPSA) is 50.5 Å². The van der Waals surface area contributed by atoms with Gasteiger partial charge in [0.15, 0.2) is 5.76 Å². The van der Waals surface area contributed by atoms with Crippen molar-refractivity contribution in [2.75, 3.05) is 32.1 Å². The summed E-state index contributed by atoms with van der Waals surface area (Å²) in [5, 5.41) is 2.85. The van der Waals surface area contributed by atoms with Crippen molar-refractivity contribution in [2.45, 2.75) is 13.1 Å². The normalized spacial score (nSPS) is 11.7. The molecule has 1 N–H and O–H groups in total. The van der Waals surface area contributed by atoms with Gasteiger partial charge in [0.05, 0.1) is 11.8 Å². The predicted octanol–water partition coefficient (Wildman–Crippen LogP) is 5.43. The summed E-state index contributed by atoms with van der Waals surface area (Å²) >= 11 is 0. The minimum atomic E-state index is -4.36. The van der Waals surface area contributed by atoms with Gasteiger partial charge in [0, 0.05) is 17.8 Å². The van der Waals surface area contributed by atoms with Gasteiger partial charge in [0.1, 0.15) is 12.4 Å². The van der Waals surface area contributed by atoms with Crippen LogP contribution in [0, 0.1) is 0 Å². The lowest BCUT2D eigenvalue weighted by molar-refractivity contribution is -0.137. The highest BCUT2D eigenvalue weighted by Gasteiger charge is 2.29. The molecule has 0 radical (unpaired) electrons. The molecular formula is C21H22F3N3O2. The van der Waals surface area contributed by atoms with Gasteiger partial charge in [-0.3, -0.25) is 0 Å². The lowest BCUT2D eigenvalue weighted by atomic mass is 10.2. The molecule has 29 heavy (non-hydrogen) atoms. The minimum Gasteiger partial charge on any atom is -0.492 e. The van der Waals surface area contributed by atoms with Crippen molar-refractivity contribution < 1.29 is 22.3 Å². The maximum absolute atomic E-state index is 12.6. The summed E-state index contributed by atoms with van der Waals surface area (Å²) in [5.41, 5.74) is 0.558. The molecule has 3 rings (SSSR count). The first-order valence-electron chi connectivity index (χ1n) is 9.17. The van der Waals surface area contributed by atoms with Gasteiger partial charge in [-0.25, -0.2) is 4.98 Å². The highest BCUT2D eigenvalue weighted by Crippen LogP contribution is 2.31. The zero-order valence-electron chi connectivity index (χ0n) is 16.2. The number of nitrogens with one attached hydrogen (secondary N) is 1. The van der Waals surface area contributed by atoms with E-state index in [4.69, 9.17) is 9.15 Å². The van der Waals surface area contributed by atoms with Gasteiger partial charge in [-0.15, -0.1) is 0 Å². The van der Waals surface area contributed by atoms with Crippen molar-refractivity contribution in [3.05, 3.63) is 60.3 Å². The van der Waals surface area contributed by atoms with E-state index in [0.29, 0.717) is 18.1 Å². The molecule has 1 heterocycles. The van der Waals surface area contributed by atoms with Gasteiger partial charge < -0.3 is 19.4 Å². The molecule has 0 bridgehead atoms. The molecule has 2 aromatic carbocycles. The highest BCUT2D eigenvalue weighted by molar-refractivity contribution is 5.60. The van der Waals surface area contributed by atoms with Gasteiger partial charge in [0.2, 0.25) is 0 Å². The Morgan fingerprint density at radius 1 is 1.07 bits per heavy atom. The molecule has 3 aromatic rings. The molecule has 0 saturated carbocycles. The van der Waals surface area contributed by atoms with Crippen LogP contribution < -0.4 is 10.1 Å². The lowest BCUT2D eigenvalue weighted by Gasteiger charge is -2.14. The predicted molar refractivity (Wildman–Crippen MR) is 105 cm³/mol. The number of anilines is 2. The second kappa shape index (κ2) is 9.00. The molecule has 154 valence electrons. The number of ether oxygens (including phenoxy) is 1. The SMILES string of the molecule is CCN(C)CCOc1ccc(-c2cnc(Nc3ccc(C(F)(F)F)cc3)o2)cc1. The zero-order valence-corrected chi connectivity index (χ0v) is 16.2. The van der Waals surface area contributed by atoms with Crippen LogP contribution in [0.25, 0.3) is 11.3 Å². The van der Waals surface area contributed by atoms with E-state index in [9.17, 15) is 13.2 Å². The monoisotopic (exact) mass is 405 g/mol. The molecule has 0 aliphatic heterocycles. The van der Waals surface area contributed by atoms with Crippen LogP contribution in [0.15, 0.2) is 59.1 Å². The van der Waals surface area contributed by atoms with Gasteiger partial charge in [-0.05, 0) is 62.1 Å². The summed E-state index contributed by atoms with van der Waals surface area (Å²) in [7, 11) is 2.03. The molecule has 0 fully saturated rings. The van der Waals surface area contributed by atoms with E-state index in [1.807, 2.05) is 31.3 Å². The van der Waals surface area contributed by atoms with Gasteiger partial charge in [0.25, 0.3) is 6.01 Å². The number of aromatic nitrogens is 1. The van der Waals surface area contributed by atoms with Crippen molar-refractivity contribution in [3.8, 4) is 17.1 Å². The minimum absolute atomic E-state index is 0.197. The maximum atomic E-state index is 12.6. The molecule has 8 heteroatoms.